The minimum absolute atomic E-state index is 0.0478. The first-order chi connectivity index (χ1) is 16.3. The minimum Gasteiger partial charge on any atom is -0.491 e. The summed E-state index contributed by atoms with van der Waals surface area (Å²) in [6, 6.07) is 17.7. The van der Waals surface area contributed by atoms with E-state index in [0.29, 0.717) is 22.9 Å². The van der Waals surface area contributed by atoms with E-state index >= 15 is 0 Å². The Labute approximate surface area is 197 Å². The number of hydrogen-bond donors (Lipinski definition) is 3. The van der Waals surface area contributed by atoms with Gasteiger partial charge in [-0.3, -0.25) is 9.52 Å². The number of anilines is 1. The highest BCUT2D eigenvalue weighted by molar-refractivity contribution is 7.92. The summed E-state index contributed by atoms with van der Waals surface area (Å²) in [5.74, 6) is 1.16. The lowest BCUT2D eigenvalue weighted by molar-refractivity contribution is 0.0843. The highest BCUT2D eigenvalue weighted by Gasteiger charge is 2.18. The summed E-state index contributed by atoms with van der Waals surface area (Å²) in [6.45, 7) is 1.87. The van der Waals surface area contributed by atoms with Gasteiger partial charge in [-0.15, -0.1) is 0 Å². The topological polar surface area (TPSA) is 123 Å². The first-order valence-electron chi connectivity index (χ1n) is 10.5. The van der Waals surface area contributed by atoms with Crippen LogP contribution < -0.4 is 24.2 Å². The first-order valence-corrected chi connectivity index (χ1v) is 12.0. The fourth-order valence-electron chi connectivity index (χ4n) is 3.26. The average molecular weight is 485 g/mol. The Morgan fingerprint density at radius 3 is 2.68 bits per heavy atom. The molecule has 0 aliphatic carbocycles. The Morgan fingerprint density at radius 1 is 1.06 bits per heavy atom. The van der Waals surface area contributed by atoms with Gasteiger partial charge in [-0.05, 0) is 55.0 Å². The van der Waals surface area contributed by atoms with E-state index in [9.17, 15) is 18.3 Å². The van der Waals surface area contributed by atoms with Crippen LogP contribution in [0.15, 0.2) is 71.6 Å². The summed E-state index contributed by atoms with van der Waals surface area (Å²) in [5.41, 5.74) is 1.49. The molecule has 1 heterocycles. The molecule has 3 aromatic carbocycles. The van der Waals surface area contributed by atoms with E-state index < -0.39 is 22.0 Å². The van der Waals surface area contributed by atoms with Crippen molar-refractivity contribution in [3.8, 4) is 17.2 Å². The van der Waals surface area contributed by atoms with E-state index in [-0.39, 0.29) is 30.4 Å². The van der Waals surface area contributed by atoms with Crippen molar-refractivity contribution < 1.29 is 32.5 Å². The number of fused-ring (bicyclic) bond motifs is 1. The van der Waals surface area contributed by atoms with Crippen LogP contribution in [-0.4, -0.2) is 45.5 Å². The molecule has 0 radical (unpaired) electrons. The number of aliphatic hydroxyl groups excluding tert-OH is 1. The van der Waals surface area contributed by atoms with Crippen LogP contribution >= 0.6 is 0 Å². The van der Waals surface area contributed by atoms with Gasteiger partial charge in [-0.2, -0.15) is 0 Å². The third kappa shape index (κ3) is 5.77. The van der Waals surface area contributed by atoms with Crippen LogP contribution in [0.2, 0.25) is 0 Å². The molecule has 3 N–H and O–H groups in total. The van der Waals surface area contributed by atoms with Crippen LogP contribution in [-0.2, 0) is 10.0 Å². The zero-order chi connectivity index (χ0) is 24.1. The maximum Gasteiger partial charge on any atom is 0.261 e. The van der Waals surface area contributed by atoms with E-state index in [2.05, 4.69) is 10.0 Å². The smallest absolute Gasteiger partial charge is 0.261 e. The number of carbonyl (C=O) groups excluding carboxylic acids is 1. The van der Waals surface area contributed by atoms with Crippen molar-refractivity contribution in [1.29, 1.82) is 0 Å². The lowest BCUT2D eigenvalue weighted by Crippen LogP contribution is -2.35. The maximum absolute atomic E-state index is 12.7. The highest BCUT2D eigenvalue weighted by atomic mass is 32.2. The molecule has 0 saturated carbocycles. The van der Waals surface area contributed by atoms with Crippen LogP contribution in [0.3, 0.4) is 0 Å². The van der Waals surface area contributed by atoms with Gasteiger partial charge in [0.2, 0.25) is 6.79 Å². The molecule has 1 unspecified atom stereocenters. The van der Waals surface area contributed by atoms with Gasteiger partial charge >= 0.3 is 0 Å². The van der Waals surface area contributed by atoms with E-state index in [1.807, 2.05) is 13.0 Å². The minimum atomic E-state index is -3.88. The van der Waals surface area contributed by atoms with Crippen molar-refractivity contribution in [2.24, 2.45) is 0 Å². The van der Waals surface area contributed by atoms with Gasteiger partial charge in [0.25, 0.3) is 15.9 Å². The molecule has 1 atom stereocenters. The van der Waals surface area contributed by atoms with Crippen LogP contribution in [0.5, 0.6) is 17.2 Å². The molecule has 0 saturated heterocycles. The summed E-state index contributed by atoms with van der Waals surface area (Å²) in [7, 11) is -3.88. The zero-order valence-electron chi connectivity index (χ0n) is 18.4. The van der Waals surface area contributed by atoms with Gasteiger partial charge in [0, 0.05) is 23.9 Å². The lowest BCUT2D eigenvalue weighted by atomic mass is 10.2. The molecule has 0 spiro atoms. The number of benzene rings is 3. The Morgan fingerprint density at radius 2 is 1.85 bits per heavy atom. The second-order valence-electron chi connectivity index (χ2n) is 7.69. The van der Waals surface area contributed by atoms with Gasteiger partial charge in [-0.25, -0.2) is 8.42 Å². The Hall–Kier alpha value is -3.76. The van der Waals surface area contributed by atoms with Crippen LogP contribution in [0.1, 0.15) is 15.9 Å². The summed E-state index contributed by atoms with van der Waals surface area (Å²) in [4.78, 5) is 12.5. The number of rotatable bonds is 9. The first kappa shape index (κ1) is 23.4. The van der Waals surface area contributed by atoms with Crippen molar-refractivity contribution in [3.05, 3.63) is 77.9 Å². The van der Waals surface area contributed by atoms with Crippen molar-refractivity contribution in [3.63, 3.8) is 0 Å². The largest absolute Gasteiger partial charge is 0.491 e. The Bertz CT molecular complexity index is 1290. The molecule has 0 aromatic heterocycles. The van der Waals surface area contributed by atoms with E-state index in [0.717, 1.165) is 5.56 Å². The third-order valence-corrected chi connectivity index (χ3v) is 6.34. The Balaban J connectivity index is 1.32. The molecule has 10 heteroatoms. The van der Waals surface area contributed by atoms with Crippen LogP contribution in [0.25, 0.3) is 0 Å². The van der Waals surface area contributed by atoms with E-state index in [1.165, 1.54) is 24.3 Å². The van der Waals surface area contributed by atoms with Crippen LogP contribution in [0.4, 0.5) is 5.69 Å². The number of amides is 1. The monoisotopic (exact) mass is 484 g/mol. The number of aliphatic hydroxyl groups is 1. The third-order valence-electron chi connectivity index (χ3n) is 4.96. The molecule has 0 fully saturated rings. The number of ether oxygens (including phenoxy) is 3. The zero-order valence-corrected chi connectivity index (χ0v) is 19.2. The van der Waals surface area contributed by atoms with Gasteiger partial charge in [0.05, 0.1) is 4.90 Å². The molecule has 9 nitrogen and oxygen atoms in total. The van der Waals surface area contributed by atoms with Crippen molar-refractivity contribution in [2.75, 3.05) is 24.7 Å². The molecule has 178 valence electrons. The summed E-state index contributed by atoms with van der Waals surface area (Å²) < 4.78 is 44.0. The fraction of sp³-hybridized carbons (Fsp3) is 0.208. The summed E-state index contributed by atoms with van der Waals surface area (Å²) in [5, 5.41) is 12.8. The number of hydrogen-bond acceptors (Lipinski definition) is 7. The van der Waals surface area contributed by atoms with Gasteiger partial charge in [0.1, 0.15) is 18.5 Å². The molecule has 34 heavy (non-hydrogen) atoms. The molecule has 1 amide bonds. The van der Waals surface area contributed by atoms with E-state index in [4.69, 9.17) is 14.2 Å². The summed E-state index contributed by atoms with van der Waals surface area (Å²) >= 11 is 0. The van der Waals surface area contributed by atoms with Gasteiger partial charge in [0.15, 0.2) is 11.5 Å². The normalized spacial score (nSPS) is 13.2. The molecule has 4 rings (SSSR count). The average Bonchev–Trinajstić information content (AvgIpc) is 3.29. The van der Waals surface area contributed by atoms with Crippen molar-refractivity contribution in [2.45, 2.75) is 17.9 Å². The van der Waals surface area contributed by atoms with Crippen molar-refractivity contribution >= 4 is 21.6 Å². The van der Waals surface area contributed by atoms with Crippen LogP contribution in [0, 0.1) is 6.92 Å². The number of sulfonamides is 1. The van der Waals surface area contributed by atoms with E-state index in [1.54, 1.807) is 36.4 Å². The highest BCUT2D eigenvalue weighted by Crippen LogP contribution is 2.35. The molecule has 0 bridgehead atoms. The molecular formula is C24H24N2O7S. The van der Waals surface area contributed by atoms with Crippen molar-refractivity contribution in [1.82, 2.24) is 5.32 Å². The number of aryl methyl sites for hydroxylation is 1. The molecule has 3 aromatic rings. The SMILES string of the molecule is Cc1cccc(NS(=O)(=O)c2cccc(C(=O)NCC(O)COc3ccc4c(c3)OCO4)c2)c1. The Kier molecular flexibility index (Phi) is 6.90. The number of carbonyl (C=O) groups is 1. The second kappa shape index (κ2) is 10.0. The quantitative estimate of drug-likeness (QED) is 0.427. The predicted molar refractivity (Wildman–Crippen MR) is 125 cm³/mol. The summed E-state index contributed by atoms with van der Waals surface area (Å²) in [6.07, 6.45) is -0.982. The molecule has 1 aliphatic rings. The van der Waals surface area contributed by atoms with Gasteiger partial charge < -0.3 is 24.6 Å². The number of nitrogens with one attached hydrogen (secondary N) is 2. The predicted octanol–water partition coefficient (Wildman–Crippen LogP) is 2.69. The van der Waals surface area contributed by atoms with Gasteiger partial charge in [-0.1, -0.05) is 18.2 Å². The lowest BCUT2D eigenvalue weighted by Gasteiger charge is -2.14. The molecular weight excluding hydrogens is 460 g/mol. The maximum atomic E-state index is 12.7. The fourth-order valence-corrected chi connectivity index (χ4v) is 4.35. The molecule has 1 aliphatic heterocycles. The standard InChI is InChI=1S/C24H24N2O7S/c1-16-4-2-6-18(10-16)26-34(29,30)21-7-3-5-17(11-21)24(28)25-13-19(27)14-31-20-8-9-22-23(12-20)33-15-32-22/h2-12,19,26-27H,13-15H2,1H3,(H,25,28). The second-order valence-corrected chi connectivity index (χ2v) is 9.38.